The minimum atomic E-state index is -4.62. The Morgan fingerprint density at radius 3 is 2.48 bits per heavy atom. The Morgan fingerprint density at radius 1 is 0.971 bits per heavy atom. The number of benzene rings is 3. The topological polar surface area (TPSA) is 201 Å². The third-order valence-electron chi connectivity index (χ3n) is 15.1. The highest BCUT2D eigenvalue weighted by Gasteiger charge is 2.49. The van der Waals surface area contributed by atoms with Gasteiger partial charge in [-0.2, -0.15) is 4.98 Å². The van der Waals surface area contributed by atoms with Crippen molar-refractivity contribution in [3.05, 3.63) is 106 Å². The summed E-state index contributed by atoms with van der Waals surface area (Å²) in [5, 5.41) is 26.4. The number of sulfonamides is 1. The van der Waals surface area contributed by atoms with Gasteiger partial charge in [0.1, 0.15) is 23.7 Å². The van der Waals surface area contributed by atoms with Crippen LogP contribution in [-0.4, -0.2) is 104 Å². The number of anilines is 2. The Hall–Kier alpha value is -5.75. The van der Waals surface area contributed by atoms with Gasteiger partial charge in [-0.15, -0.1) is 0 Å². The lowest BCUT2D eigenvalue weighted by Gasteiger charge is -2.57. The van der Waals surface area contributed by atoms with Gasteiger partial charge < -0.3 is 34.5 Å². The Kier molecular flexibility index (Phi) is 13.9. The Bertz CT molecular complexity index is 2770. The number of hydrogen-bond acceptors (Lipinski definition) is 13. The Morgan fingerprint density at radius 2 is 1.74 bits per heavy atom. The molecule has 2 atom stereocenters. The number of pyridine rings is 1. The zero-order valence-electron chi connectivity index (χ0n) is 40.0. The monoisotopic (exact) mass is 963 g/mol. The first-order valence-electron chi connectivity index (χ1n) is 24.4. The number of carbonyl (C=O) groups is 1. The number of fused-ring (bicyclic) bond motifs is 1. The fourth-order valence-corrected chi connectivity index (χ4v) is 12.1. The zero-order valence-corrected chi connectivity index (χ0v) is 40.9. The Balaban J connectivity index is 0.934. The molecule has 5 aromatic rings. The summed E-state index contributed by atoms with van der Waals surface area (Å²) in [6.45, 7) is 11.0. The lowest BCUT2D eigenvalue weighted by molar-refractivity contribution is -0.384. The standard InChI is InChI=1S/C52H65N7O9S/c1-34(2)39-8-5-6-9-40(39)41-10-7-11-44(41)58-32-52(33-58)21-24-57(25-22-52)37-12-14-42(46(29-37)68-47-28-36-18-23-53-48(36)55-50(47)67-27-26-66-4)49(60)56-69(64,65)38-13-15-43(45(30-38)59(62)63)54-31-35-16-19-51(3,61)20-17-35/h5-6,8-9,12-15,18,23,28-30,34-35,41,44,54,61H,7,10-11,16-17,19-22,24-27,31-33H2,1-4H3,(H,53,55)(H,56,60)/t35?,41-,44-,51?/m1/s1. The number of amides is 1. The van der Waals surface area contributed by atoms with Crippen molar-refractivity contribution in [3.63, 3.8) is 0 Å². The molecule has 2 saturated heterocycles. The second-order valence-corrected chi connectivity index (χ2v) is 22.0. The van der Waals surface area contributed by atoms with E-state index in [-0.39, 0.29) is 53.2 Å². The maximum Gasteiger partial charge on any atom is 0.293 e. The van der Waals surface area contributed by atoms with Crippen LogP contribution in [-0.2, 0) is 14.8 Å². The molecule has 4 aliphatic rings. The molecule has 0 unspecified atom stereocenters. The number of aromatic nitrogens is 2. The molecule has 1 amide bonds. The Labute approximate surface area is 404 Å². The maximum absolute atomic E-state index is 14.2. The molecule has 0 radical (unpaired) electrons. The molecule has 4 heterocycles. The van der Waals surface area contributed by atoms with Gasteiger partial charge in [0.15, 0.2) is 5.75 Å². The molecule has 1 spiro atoms. The minimum Gasteiger partial charge on any atom is -0.473 e. The molecule has 2 aliphatic heterocycles. The molecule has 69 heavy (non-hydrogen) atoms. The van der Waals surface area contributed by atoms with Gasteiger partial charge in [-0.25, -0.2) is 13.1 Å². The van der Waals surface area contributed by atoms with Gasteiger partial charge >= 0.3 is 0 Å². The van der Waals surface area contributed by atoms with Gasteiger partial charge in [-0.05, 0) is 129 Å². The van der Waals surface area contributed by atoms with E-state index < -0.39 is 37.0 Å². The van der Waals surface area contributed by atoms with Crippen molar-refractivity contribution in [2.45, 2.75) is 107 Å². The van der Waals surface area contributed by atoms with Crippen LogP contribution in [0.15, 0.2) is 83.9 Å². The number of H-pyrrole nitrogens is 1. The molecule has 368 valence electrons. The van der Waals surface area contributed by atoms with Crippen LogP contribution in [0.5, 0.6) is 17.4 Å². The van der Waals surface area contributed by atoms with Crippen LogP contribution in [0.4, 0.5) is 17.1 Å². The summed E-state index contributed by atoms with van der Waals surface area (Å²) < 4.78 is 47.7. The van der Waals surface area contributed by atoms with Gasteiger partial charge in [0.05, 0.1) is 27.6 Å². The van der Waals surface area contributed by atoms with Crippen molar-refractivity contribution in [2.75, 3.05) is 63.3 Å². The highest BCUT2D eigenvalue weighted by Crippen LogP contribution is 2.49. The highest BCUT2D eigenvalue weighted by atomic mass is 32.2. The number of nitrogens with one attached hydrogen (secondary N) is 3. The van der Waals surface area contributed by atoms with Crippen molar-refractivity contribution in [1.82, 2.24) is 19.6 Å². The minimum absolute atomic E-state index is 0.0762. The van der Waals surface area contributed by atoms with Crippen molar-refractivity contribution < 1.29 is 37.5 Å². The van der Waals surface area contributed by atoms with Crippen LogP contribution in [0.2, 0.25) is 0 Å². The molecular weight excluding hydrogens is 899 g/mol. The molecule has 4 N–H and O–H groups in total. The lowest BCUT2D eigenvalue weighted by Crippen LogP contribution is -2.63. The molecule has 3 aromatic carbocycles. The van der Waals surface area contributed by atoms with E-state index in [1.165, 1.54) is 42.5 Å². The SMILES string of the molecule is COCCOc1nc2[nH]ccc2cc1Oc1cc(N2CCC3(CC2)CN([C@@H]2CCC[C@@H]2c2ccccc2C(C)C)C3)ccc1C(=O)NS(=O)(=O)c1ccc(NCC2CCC(C)(O)CC2)c([N+](=O)[O-])c1. The largest absolute Gasteiger partial charge is 0.473 e. The summed E-state index contributed by atoms with van der Waals surface area (Å²) in [7, 11) is -3.06. The molecule has 0 bridgehead atoms. The number of hydrogen-bond donors (Lipinski definition) is 4. The van der Waals surface area contributed by atoms with Crippen LogP contribution < -0.4 is 24.4 Å². The van der Waals surface area contributed by atoms with E-state index in [1.807, 2.05) is 13.0 Å². The number of likely N-dealkylation sites (tertiary alicyclic amines) is 1. The molecule has 17 heteroatoms. The number of piperidine rings is 1. The van der Waals surface area contributed by atoms with Gasteiger partial charge in [0, 0.05) is 75.3 Å². The summed E-state index contributed by atoms with van der Waals surface area (Å²) in [6, 6.07) is 21.8. The fraction of sp³-hybridized carbons (Fsp3) is 0.500. The van der Waals surface area contributed by atoms with Crippen LogP contribution in [0.25, 0.3) is 11.0 Å². The predicted octanol–water partition coefficient (Wildman–Crippen LogP) is 9.12. The van der Waals surface area contributed by atoms with E-state index in [1.54, 1.807) is 37.6 Å². The number of nitro benzene ring substituents is 1. The van der Waals surface area contributed by atoms with Gasteiger partial charge in [0.25, 0.3) is 27.5 Å². The van der Waals surface area contributed by atoms with E-state index in [4.69, 9.17) is 14.2 Å². The molecule has 2 aromatic heterocycles. The third-order valence-corrected chi connectivity index (χ3v) is 16.5. The number of aliphatic hydroxyl groups is 1. The number of ether oxygens (including phenoxy) is 3. The summed E-state index contributed by atoms with van der Waals surface area (Å²) in [5.41, 5.74) is 3.52. The average Bonchev–Trinajstić information content (AvgIpc) is 4.00. The van der Waals surface area contributed by atoms with Crippen molar-refractivity contribution in [2.24, 2.45) is 11.3 Å². The smallest absolute Gasteiger partial charge is 0.293 e. The maximum atomic E-state index is 14.2. The summed E-state index contributed by atoms with van der Waals surface area (Å²) in [6.07, 6.45) is 10.2. The van der Waals surface area contributed by atoms with Crippen LogP contribution in [0.3, 0.4) is 0 Å². The fourth-order valence-electron chi connectivity index (χ4n) is 11.1. The predicted molar refractivity (Wildman–Crippen MR) is 265 cm³/mol. The van der Waals surface area contributed by atoms with Crippen LogP contribution in [0.1, 0.15) is 112 Å². The van der Waals surface area contributed by atoms with Crippen LogP contribution >= 0.6 is 0 Å². The summed E-state index contributed by atoms with van der Waals surface area (Å²) >= 11 is 0. The summed E-state index contributed by atoms with van der Waals surface area (Å²) in [4.78, 5) is 38.1. The number of methoxy groups -OCH3 is 1. The van der Waals surface area contributed by atoms with E-state index in [9.17, 15) is 28.4 Å². The number of carbonyl (C=O) groups excluding carboxylic acids is 1. The molecule has 9 rings (SSSR count). The third kappa shape index (κ3) is 10.6. The van der Waals surface area contributed by atoms with Gasteiger partial charge in [-0.3, -0.25) is 19.8 Å². The first-order chi connectivity index (χ1) is 33.1. The number of rotatable bonds is 17. The number of nitro groups is 1. The number of nitrogens with zero attached hydrogens (tertiary/aromatic N) is 4. The lowest BCUT2D eigenvalue weighted by atomic mass is 9.70. The molecule has 2 aliphatic carbocycles. The normalized spacial score (nSPS) is 22.7. The first-order valence-corrected chi connectivity index (χ1v) is 25.9. The molecule has 2 saturated carbocycles. The second kappa shape index (κ2) is 19.9. The van der Waals surface area contributed by atoms with Crippen LogP contribution in [0, 0.1) is 21.4 Å². The van der Waals surface area contributed by atoms with Gasteiger partial charge in [0.2, 0.25) is 0 Å². The molecule has 16 nitrogen and oxygen atoms in total. The molecular formula is C52H65N7O9S. The second-order valence-electron chi connectivity index (χ2n) is 20.3. The van der Waals surface area contributed by atoms with E-state index in [2.05, 4.69) is 67.9 Å². The summed E-state index contributed by atoms with van der Waals surface area (Å²) in [5.74, 6) is 0.685. The highest BCUT2D eigenvalue weighted by molar-refractivity contribution is 7.90. The molecule has 4 fully saturated rings. The van der Waals surface area contributed by atoms with Crippen molar-refractivity contribution in [1.29, 1.82) is 0 Å². The first kappa shape index (κ1) is 48.3. The van der Waals surface area contributed by atoms with E-state index in [0.717, 1.165) is 69.0 Å². The van der Waals surface area contributed by atoms with E-state index >= 15 is 0 Å². The van der Waals surface area contributed by atoms with Gasteiger partial charge in [-0.1, -0.05) is 44.5 Å². The average molecular weight is 964 g/mol. The van der Waals surface area contributed by atoms with Crippen molar-refractivity contribution in [3.8, 4) is 17.4 Å². The zero-order chi connectivity index (χ0) is 48.5. The number of aromatic amines is 1. The quantitative estimate of drug-likeness (QED) is 0.0391. The van der Waals surface area contributed by atoms with E-state index in [0.29, 0.717) is 42.9 Å². The van der Waals surface area contributed by atoms with Crippen molar-refractivity contribution >= 4 is 44.0 Å².